The number of fused-ring (bicyclic) bond motifs is 1. The first-order valence-electron chi connectivity index (χ1n) is 5.92. The van der Waals surface area contributed by atoms with Crippen LogP contribution in [0.15, 0.2) is 48.9 Å². The van der Waals surface area contributed by atoms with E-state index in [1.54, 1.807) is 0 Å². The first-order valence-corrected chi connectivity index (χ1v) is 5.92. The SMILES string of the molecule is Cc1ccn(-c2ccc3nccc(C(=O)O)c3c2)c1. The predicted molar refractivity (Wildman–Crippen MR) is 72.8 cm³/mol. The van der Waals surface area contributed by atoms with Crippen molar-refractivity contribution in [2.75, 3.05) is 0 Å². The molecule has 19 heavy (non-hydrogen) atoms. The molecule has 0 aliphatic rings. The largest absolute Gasteiger partial charge is 0.478 e. The van der Waals surface area contributed by atoms with Gasteiger partial charge in [-0.05, 0) is 42.8 Å². The Morgan fingerprint density at radius 2 is 2.11 bits per heavy atom. The van der Waals surface area contributed by atoms with Gasteiger partial charge < -0.3 is 9.67 Å². The van der Waals surface area contributed by atoms with Gasteiger partial charge in [-0.25, -0.2) is 4.79 Å². The standard InChI is InChI=1S/C15H12N2O2/c1-10-5-7-17(9-10)11-2-3-14-13(8-11)12(15(18)19)4-6-16-14/h2-9H,1H3,(H,18,19). The van der Waals surface area contributed by atoms with Crippen LogP contribution in [0, 0.1) is 6.92 Å². The maximum Gasteiger partial charge on any atom is 0.336 e. The second kappa shape index (κ2) is 4.24. The van der Waals surface area contributed by atoms with Crippen LogP contribution in [0.25, 0.3) is 16.6 Å². The number of carbonyl (C=O) groups is 1. The minimum atomic E-state index is -0.937. The number of hydrogen-bond donors (Lipinski definition) is 1. The van der Waals surface area contributed by atoms with Crippen LogP contribution in [-0.4, -0.2) is 20.6 Å². The molecule has 0 amide bonds. The van der Waals surface area contributed by atoms with Crippen LogP contribution in [0.5, 0.6) is 0 Å². The zero-order chi connectivity index (χ0) is 13.4. The number of aromatic carboxylic acids is 1. The van der Waals surface area contributed by atoms with Crippen LogP contribution in [0.1, 0.15) is 15.9 Å². The van der Waals surface area contributed by atoms with E-state index in [0.717, 1.165) is 11.3 Å². The van der Waals surface area contributed by atoms with Crippen LogP contribution in [0.4, 0.5) is 0 Å². The summed E-state index contributed by atoms with van der Waals surface area (Å²) < 4.78 is 1.97. The third-order valence-electron chi connectivity index (χ3n) is 3.09. The summed E-state index contributed by atoms with van der Waals surface area (Å²) in [6.07, 6.45) is 5.47. The molecule has 0 aliphatic carbocycles. The molecule has 0 bridgehead atoms. The number of rotatable bonds is 2. The second-order valence-electron chi connectivity index (χ2n) is 4.46. The molecule has 0 saturated carbocycles. The maximum atomic E-state index is 11.2. The fraction of sp³-hybridized carbons (Fsp3) is 0.0667. The zero-order valence-corrected chi connectivity index (χ0v) is 10.4. The highest BCUT2D eigenvalue weighted by Crippen LogP contribution is 2.21. The van der Waals surface area contributed by atoms with Gasteiger partial charge in [0.15, 0.2) is 0 Å². The van der Waals surface area contributed by atoms with Gasteiger partial charge in [0.2, 0.25) is 0 Å². The molecule has 4 nitrogen and oxygen atoms in total. The minimum Gasteiger partial charge on any atom is -0.478 e. The summed E-state index contributed by atoms with van der Waals surface area (Å²) in [7, 11) is 0. The molecule has 0 fully saturated rings. The van der Waals surface area contributed by atoms with Crippen molar-refractivity contribution >= 4 is 16.9 Å². The highest BCUT2D eigenvalue weighted by molar-refractivity contribution is 6.02. The lowest BCUT2D eigenvalue weighted by atomic mass is 10.1. The average Bonchev–Trinajstić information content (AvgIpc) is 2.84. The average molecular weight is 252 g/mol. The summed E-state index contributed by atoms with van der Waals surface area (Å²) in [6, 6.07) is 9.15. The number of carboxylic acids is 1. The van der Waals surface area contributed by atoms with E-state index < -0.39 is 5.97 Å². The van der Waals surface area contributed by atoms with Gasteiger partial charge in [0.25, 0.3) is 0 Å². The molecule has 2 aromatic heterocycles. The zero-order valence-electron chi connectivity index (χ0n) is 10.4. The van der Waals surface area contributed by atoms with E-state index in [0.29, 0.717) is 10.9 Å². The lowest BCUT2D eigenvalue weighted by molar-refractivity contribution is 0.0699. The summed E-state index contributed by atoms with van der Waals surface area (Å²) >= 11 is 0. The van der Waals surface area contributed by atoms with Crippen molar-refractivity contribution in [2.45, 2.75) is 6.92 Å². The van der Waals surface area contributed by atoms with E-state index in [-0.39, 0.29) is 5.56 Å². The van der Waals surface area contributed by atoms with Crippen LogP contribution in [0.3, 0.4) is 0 Å². The van der Waals surface area contributed by atoms with Crippen LogP contribution >= 0.6 is 0 Å². The summed E-state index contributed by atoms with van der Waals surface area (Å²) in [5.41, 5.74) is 3.05. The van der Waals surface area contributed by atoms with Crippen molar-refractivity contribution in [3.05, 3.63) is 60.0 Å². The van der Waals surface area contributed by atoms with Gasteiger partial charge in [-0.15, -0.1) is 0 Å². The quantitative estimate of drug-likeness (QED) is 0.762. The third-order valence-corrected chi connectivity index (χ3v) is 3.09. The molecule has 0 unspecified atom stereocenters. The molecular weight excluding hydrogens is 240 g/mol. The van der Waals surface area contributed by atoms with Crippen LogP contribution in [-0.2, 0) is 0 Å². The van der Waals surface area contributed by atoms with E-state index in [1.807, 2.05) is 48.1 Å². The molecule has 0 atom stereocenters. The molecule has 1 N–H and O–H groups in total. The first-order chi connectivity index (χ1) is 9.15. The fourth-order valence-electron chi connectivity index (χ4n) is 2.15. The molecule has 4 heteroatoms. The monoisotopic (exact) mass is 252 g/mol. The fourth-order valence-corrected chi connectivity index (χ4v) is 2.15. The molecule has 3 aromatic rings. The molecule has 0 aliphatic heterocycles. The summed E-state index contributed by atoms with van der Waals surface area (Å²) in [5.74, 6) is -0.937. The lowest BCUT2D eigenvalue weighted by Crippen LogP contribution is -1.99. The van der Waals surface area contributed by atoms with E-state index in [1.165, 1.54) is 12.3 Å². The van der Waals surface area contributed by atoms with Gasteiger partial charge in [0, 0.05) is 29.7 Å². The molecule has 3 rings (SSSR count). The molecule has 0 spiro atoms. The molecule has 2 heterocycles. The number of carboxylic acid groups (broad SMARTS) is 1. The third kappa shape index (κ3) is 1.97. The Kier molecular flexibility index (Phi) is 2.56. The van der Waals surface area contributed by atoms with Gasteiger partial charge in [-0.2, -0.15) is 0 Å². The highest BCUT2D eigenvalue weighted by Gasteiger charge is 2.09. The normalized spacial score (nSPS) is 10.8. The Hall–Kier alpha value is -2.62. The molecule has 0 radical (unpaired) electrons. The van der Waals surface area contributed by atoms with Crippen molar-refractivity contribution in [2.24, 2.45) is 0 Å². The van der Waals surface area contributed by atoms with Crippen molar-refractivity contribution in [1.82, 2.24) is 9.55 Å². The molecule has 0 saturated heterocycles. The number of aryl methyl sites for hydroxylation is 1. The minimum absolute atomic E-state index is 0.274. The molecule has 1 aromatic carbocycles. The number of aromatic nitrogens is 2. The van der Waals surface area contributed by atoms with E-state index in [4.69, 9.17) is 0 Å². The van der Waals surface area contributed by atoms with Crippen molar-refractivity contribution in [1.29, 1.82) is 0 Å². The lowest BCUT2D eigenvalue weighted by Gasteiger charge is -2.06. The molecular formula is C15H12N2O2. The van der Waals surface area contributed by atoms with Crippen LogP contribution in [0.2, 0.25) is 0 Å². The first kappa shape index (κ1) is 11.5. The Balaban J connectivity index is 2.24. The van der Waals surface area contributed by atoms with Gasteiger partial charge in [0.05, 0.1) is 11.1 Å². The summed E-state index contributed by atoms with van der Waals surface area (Å²) in [6.45, 7) is 2.02. The number of benzene rings is 1. The van der Waals surface area contributed by atoms with E-state index >= 15 is 0 Å². The number of pyridine rings is 1. The topological polar surface area (TPSA) is 55.1 Å². The number of nitrogens with zero attached hydrogens (tertiary/aromatic N) is 2. The second-order valence-corrected chi connectivity index (χ2v) is 4.46. The van der Waals surface area contributed by atoms with Crippen molar-refractivity contribution < 1.29 is 9.90 Å². The van der Waals surface area contributed by atoms with Crippen molar-refractivity contribution in [3.63, 3.8) is 0 Å². The van der Waals surface area contributed by atoms with Crippen molar-refractivity contribution in [3.8, 4) is 5.69 Å². The predicted octanol–water partition coefficient (Wildman–Crippen LogP) is 3.03. The Morgan fingerprint density at radius 3 is 2.79 bits per heavy atom. The van der Waals surface area contributed by atoms with Gasteiger partial charge in [0.1, 0.15) is 0 Å². The van der Waals surface area contributed by atoms with E-state index in [9.17, 15) is 9.90 Å². The Morgan fingerprint density at radius 1 is 1.26 bits per heavy atom. The van der Waals surface area contributed by atoms with Gasteiger partial charge in [-0.1, -0.05) is 0 Å². The molecule has 94 valence electrons. The highest BCUT2D eigenvalue weighted by atomic mass is 16.4. The summed E-state index contributed by atoms with van der Waals surface area (Å²) in [5, 5.41) is 9.87. The smallest absolute Gasteiger partial charge is 0.336 e. The van der Waals surface area contributed by atoms with E-state index in [2.05, 4.69) is 4.98 Å². The summed E-state index contributed by atoms with van der Waals surface area (Å²) in [4.78, 5) is 15.4. The van der Waals surface area contributed by atoms with Gasteiger partial charge >= 0.3 is 5.97 Å². The Labute approximate surface area is 109 Å². The Bertz CT molecular complexity index is 775. The van der Waals surface area contributed by atoms with Gasteiger partial charge in [-0.3, -0.25) is 4.98 Å². The number of hydrogen-bond acceptors (Lipinski definition) is 2. The van der Waals surface area contributed by atoms with Crippen LogP contribution < -0.4 is 0 Å². The maximum absolute atomic E-state index is 11.2.